The highest BCUT2D eigenvalue weighted by atomic mass is 16.2. The normalized spacial score (nSPS) is 14.5. The Balaban J connectivity index is 1.83. The first-order valence-corrected chi connectivity index (χ1v) is 8.21. The Bertz CT molecular complexity index is 960. The second-order valence-electron chi connectivity index (χ2n) is 6.17. The van der Waals surface area contributed by atoms with E-state index in [0.29, 0.717) is 30.6 Å². The Hall–Kier alpha value is -2.88. The highest BCUT2D eigenvalue weighted by Gasteiger charge is 2.26. The van der Waals surface area contributed by atoms with Gasteiger partial charge in [-0.15, -0.1) is 0 Å². The highest BCUT2D eigenvalue weighted by Crippen LogP contribution is 2.24. The van der Waals surface area contributed by atoms with Crippen LogP contribution >= 0.6 is 0 Å². The summed E-state index contributed by atoms with van der Waals surface area (Å²) in [4.78, 5) is 30.4. The maximum absolute atomic E-state index is 13.2. The predicted octanol–water partition coefficient (Wildman–Crippen LogP) is 3.12. The minimum atomic E-state index is -0.140. The van der Waals surface area contributed by atoms with E-state index in [1.807, 2.05) is 59.5 Å². The molecule has 0 radical (unpaired) electrons. The van der Waals surface area contributed by atoms with Crippen molar-refractivity contribution >= 4 is 16.8 Å². The quantitative estimate of drug-likeness (QED) is 0.789. The lowest BCUT2D eigenvalue weighted by Gasteiger charge is -2.21. The van der Waals surface area contributed by atoms with E-state index in [1.54, 1.807) is 0 Å². The molecule has 1 amide bonds. The molecule has 1 N–H and O–H groups in total. The number of rotatable bonds is 2. The van der Waals surface area contributed by atoms with Crippen LogP contribution in [0.3, 0.4) is 0 Å². The number of aromatic amines is 1. The van der Waals surface area contributed by atoms with Gasteiger partial charge in [-0.25, -0.2) is 0 Å². The van der Waals surface area contributed by atoms with Crippen molar-refractivity contribution in [1.82, 2.24) is 9.88 Å². The van der Waals surface area contributed by atoms with E-state index in [0.717, 1.165) is 22.9 Å². The van der Waals surface area contributed by atoms with Crippen molar-refractivity contribution in [2.75, 3.05) is 6.54 Å². The van der Waals surface area contributed by atoms with Gasteiger partial charge >= 0.3 is 0 Å². The minimum Gasteiger partial charge on any atom is -0.334 e. The molecule has 0 spiro atoms. The van der Waals surface area contributed by atoms with Crippen LogP contribution in [0.5, 0.6) is 0 Å². The SMILES string of the molecule is O=C1c2c(c(=O)[nH]c3ccccc23)CCCN1Cc1ccccc1. The monoisotopic (exact) mass is 318 g/mol. The molecular weight excluding hydrogens is 300 g/mol. The molecule has 120 valence electrons. The molecule has 4 rings (SSSR count). The number of amides is 1. The van der Waals surface area contributed by atoms with Crippen LogP contribution in [-0.4, -0.2) is 22.3 Å². The molecule has 2 heterocycles. The lowest BCUT2D eigenvalue weighted by atomic mass is 10.0. The van der Waals surface area contributed by atoms with E-state index in [4.69, 9.17) is 0 Å². The van der Waals surface area contributed by atoms with Gasteiger partial charge in [-0.05, 0) is 24.5 Å². The van der Waals surface area contributed by atoms with Crippen molar-refractivity contribution in [2.45, 2.75) is 19.4 Å². The number of H-pyrrole nitrogens is 1. The third-order valence-electron chi connectivity index (χ3n) is 4.59. The van der Waals surface area contributed by atoms with E-state index in [2.05, 4.69) is 4.98 Å². The number of carbonyl (C=O) groups excluding carboxylic acids is 1. The Morgan fingerprint density at radius 3 is 2.54 bits per heavy atom. The molecule has 1 aliphatic rings. The van der Waals surface area contributed by atoms with E-state index in [1.165, 1.54) is 0 Å². The number of aromatic nitrogens is 1. The molecule has 0 unspecified atom stereocenters. The molecule has 0 saturated carbocycles. The second kappa shape index (κ2) is 5.96. The van der Waals surface area contributed by atoms with Crippen LogP contribution < -0.4 is 5.56 Å². The molecule has 4 heteroatoms. The lowest BCUT2D eigenvalue weighted by molar-refractivity contribution is 0.0750. The number of fused-ring (bicyclic) bond motifs is 3. The van der Waals surface area contributed by atoms with Gasteiger partial charge in [0.1, 0.15) is 0 Å². The van der Waals surface area contributed by atoms with Crippen molar-refractivity contribution in [3.63, 3.8) is 0 Å². The third-order valence-corrected chi connectivity index (χ3v) is 4.59. The number of carbonyl (C=O) groups is 1. The first-order valence-electron chi connectivity index (χ1n) is 8.21. The summed E-state index contributed by atoms with van der Waals surface area (Å²) >= 11 is 0. The second-order valence-corrected chi connectivity index (χ2v) is 6.17. The number of pyridine rings is 1. The number of benzene rings is 2. The molecule has 2 aromatic carbocycles. The van der Waals surface area contributed by atoms with Crippen LogP contribution in [0.2, 0.25) is 0 Å². The lowest BCUT2D eigenvalue weighted by Crippen LogP contribution is -2.31. The Morgan fingerprint density at radius 2 is 1.71 bits per heavy atom. The number of nitrogens with zero attached hydrogens (tertiary/aromatic N) is 1. The molecule has 0 atom stereocenters. The zero-order chi connectivity index (χ0) is 16.5. The molecular formula is C20H18N2O2. The van der Waals surface area contributed by atoms with Crippen LogP contribution in [0, 0.1) is 0 Å². The van der Waals surface area contributed by atoms with Crippen molar-refractivity contribution in [2.24, 2.45) is 0 Å². The molecule has 1 aliphatic heterocycles. The summed E-state index contributed by atoms with van der Waals surface area (Å²) in [6, 6.07) is 17.5. The van der Waals surface area contributed by atoms with E-state index in [-0.39, 0.29) is 11.5 Å². The fraction of sp³-hybridized carbons (Fsp3) is 0.200. The van der Waals surface area contributed by atoms with Crippen LogP contribution in [-0.2, 0) is 13.0 Å². The minimum absolute atomic E-state index is 0.0475. The van der Waals surface area contributed by atoms with Crippen molar-refractivity contribution in [1.29, 1.82) is 0 Å². The first-order chi connectivity index (χ1) is 11.7. The number of hydrogen-bond acceptors (Lipinski definition) is 2. The molecule has 24 heavy (non-hydrogen) atoms. The fourth-order valence-electron chi connectivity index (χ4n) is 3.43. The standard InChI is InChI=1S/C20H18N2O2/c23-19-16-10-6-12-22(13-14-7-2-1-3-8-14)20(24)18(16)15-9-4-5-11-17(15)21-19/h1-5,7-9,11H,6,10,12-13H2,(H,21,23). The fourth-order valence-corrected chi connectivity index (χ4v) is 3.43. The van der Waals surface area contributed by atoms with Crippen molar-refractivity contribution in [3.8, 4) is 0 Å². The Morgan fingerprint density at radius 1 is 0.958 bits per heavy atom. The number of nitrogens with one attached hydrogen (secondary N) is 1. The Kier molecular flexibility index (Phi) is 3.65. The molecule has 0 bridgehead atoms. The summed E-state index contributed by atoms with van der Waals surface area (Å²) in [6.45, 7) is 1.23. The smallest absolute Gasteiger partial charge is 0.255 e. The summed E-state index contributed by atoms with van der Waals surface area (Å²) < 4.78 is 0. The van der Waals surface area contributed by atoms with Crippen LogP contribution in [0.1, 0.15) is 27.9 Å². The van der Waals surface area contributed by atoms with Crippen molar-refractivity contribution < 1.29 is 4.79 Å². The summed E-state index contributed by atoms with van der Waals surface area (Å²) in [7, 11) is 0. The molecule has 3 aromatic rings. The average molecular weight is 318 g/mol. The maximum Gasteiger partial charge on any atom is 0.255 e. The summed E-state index contributed by atoms with van der Waals surface area (Å²) in [5.41, 5.74) is 2.87. The van der Waals surface area contributed by atoms with Gasteiger partial charge in [0, 0.05) is 29.6 Å². The first kappa shape index (κ1) is 14.7. The van der Waals surface area contributed by atoms with Gasteiger partial charge in [-0.3, -0.25) is 9.59 Å². The number of hydrogen-bond donors (Lipinski definition) is 1. The predicted molar refractivity (Wildman–Crippen MR) is 94.1 cm³/mol. The van der Waals surface area contributed by atoms with Gasteiger partial charge in [0.05, 0.1) is 5.56 Å². The average Bonchev–Trinajstić information content (AvgIpc) is 2.77. The maximum atomic E-state index is 13.2. The Labute approximate surface area is 139 Å². The number of para-hydroxylation sites is 1. The summed E-state index contributed by atoms with van der Waals surface area (Å²) in [5, 5.41) is 0.831. The van der Waals surface area contributed by atoms with Gasteiger partial charge in [0.15, 0.2) is 0 Å². The third kappa shape index (κ3) is 2.50. The van der Waals surface area contributed by atoms with E-state index in [9.17, 15) is 9.59 Å². The highest BCUT2D eigenvalue weighted by molar-refractivity contribution is 6.07. The van der Waals surface area contributed by atoms with Gasteiger partial charge in [-0.2, -0.15) is 0 Å². The summed E-state index contributed by atoms with van der Waals surface area (Å²) in [6.07, 6.45) is 1.43. The van der Waals surface area contributed by atoms with Gasteiger partial charge in [0.2, 0.25) is 0 Å². The topological polar surface area (TPSA) is 53.2 Å². The summed E-state index contributed by atoms with van der Waals surface area (Å²) in [5.74, 6) is -0.0475. The largest absolute Gasteiger partial charge is 0.334 e. The van der Waals surface area contributed by atoms with Crippen LogP contribution in [0.4, 0.5) is 0 Å². The zero-order valence-electron chi connectivity index (χ0n) is 13.3. The van der Waals surface area contributed by atoms with Crippen LogP contribution in [0.15, 0.2) is 59.4 Å². The molecule has 4 nitrogen and oxygen atoms in total. The molecule has 0 aliphatic carbocycles. The van der Waals surface area contributed by atoms with Crippen molar-refractivity contribution in [3.05, 3.63) is 81.6 Å². The molecule has 0 fully saturated rings. The zero-order valence-corrected chi connectivity index (χ0v) is 13.3. The van der Waals surface area contributed by atoms with Gasteiger partial charge in [0.25, 0.3) is 11.5 Å². The molecule has 0 saturated heterocycles. The van der Waals surface area contributed by atoms with E-state index >= 15 is 0 Å². The van der Waals surface area contributed by atoms with Crippen LogP contribution in [0.25, 0.3) is 10.9 Å². The van der Waals surface area contributed by atoms with E-state index < -0.39 is 0 Å². The molecule has 1 aromatic heterocycles. The van der Waals surface area contributed by atoms with Gasteiger partial charge in [-0.1, -0.05) is 48.5 Å². The van der Waals surface area contributed by atoms with Gasteiger partial charge < -0.3 is 9.88 Å².